The summed E-state index contributed by atoms with van der Waals surface area (Å²) in [4.78, 5) is 0. The Morgan fingerprint density at radius 2 is 1.62 bits per heavy atom. The van der Waals surface area contributed by atoms with E-state index >= 15 is 0 Å². The van der Waals surface area contributed by atoms with Crippen LogP contribution in [0, 0.1) is 0 Å². The normalized spacial score (nSPS) is 13.4. The van der Waals surface area contributed by atoms with Gasteiger partial charge in [0.2, 0.25) is 0 Å². The van der Waals surface area contributed by atoms with Crippen molar-refractivity contribution in [2.24, 2.45) is 5.73 Å². The van der Waals surface area contributed by atoms with Crippen LogP contribution in [-0.2, 0) is 11.7 Å². The van der Waals surface area contributed by atoms with E-state index in [9.17, 15) is 13.2 Å². The lowest BCUT2D eigenvalue weighted by atomic mass is 9.95. The van der Waals surface area contributed by atoms with Gasteiger partial charge in [-0.15, -0.1) is 0 Å². The molecule has 0 unspecified atom stereocenters. The number of halogens is 3. The van der Waals surface area contributed by atoms with Crippen molar-refractivity contribution in [3.63, 3.8) is 0 Å². The average molecular weight is 209 g/mol. The van der Waals surface area contributed by atoms with Crippen LogP contribution >= 0.6 is 11.3 Å². The van der Waals surface area contributed by atoms with Crippen molar-refractivity contribution in [3.05, 3.63) is 21.9 Å². The fourth-order valence-corrected chi connectivity index (χ4v) is 2.05. The van der Waals surface area contributed by atoms with Crippen molar-refractivity contribution in [1.82, 2.24) is 0 Å². The van der Waals surface area contributed by atoms with Crippen LogP contribution in [0.15, 0.2) is 10.8 Å². The SMILES string of the molecule is CC(C)(N)c1cscc1C(F)(F)F. The standard InChI is InChI=1S/C8H10F3NS/c1-7(2,12)5-3-13-4-6(5)8(9,10)11/h3-4H,12H2,1-2H3. The fourth-order valence-electron chi connectivity index (χ4n) is 1.02. The smallest absolute Gasteiger partial charge is 0.322 e. The molecule has 1 aromatic heterocycles. The minimum atomic E-state index is -4.30. The summed E-state index contributed by atoms with van der Waals surface area (Å²) < 4.78 is 37.1. The first-order chi connectivity index (χ1) is 5.73. The summed E-state index contributed by atoms with van der Waals surface area (Å²) in [6.45, 7) is 3.12. The third-order valence-electron chi connectivity index (χ3n) is 1.66. The summed E-state index contributed by atoms with van der Waals surface area (Å²) in [6.07, 6.45) is -4.30. The highest BCUT2D eigenvalue weighted by Crippen LogP contribution is 2.37. The topological polar surface area (TPSA) is 26.0 Å². The molecule has 0 fully saturated rings. The Morgan fingerprint density at radius 1 is 1.15 bits per heavy atom. The van der Waals surface area contributed by atoms with Crippen molar-refractivity contribution < 1.29 is 13.2 Å². The van der Waals surface area contributed by atoms with Gasteiger partial charge in [0.25, 0.3) is 0 Å². The number of nitrogens with two attached hydrogens (primary N) is 1. The Morgan fingerprint density at radius 3 is 1.92 bits per heavy atom. The number of hydrogen-bond donors (Lipinski definition) is 1. The Hall–Kier alpha value is -0.550. The van der Waals surface area contributed by atoms with Crippen LogP contribution in [0.4, 0.5) is 13.2 Å². The van der Waals surface area contributed by atoms with Crippen LogP contribution in [0.25, 0.3) is 0 Å². The Balaban J connectivity index is 3.19. The molecular weight excluding hydrogens is 199 g/mol. The molecule has 1 rings (SSSR count). The third-order valence-corrected chi connectivity index (χ3v) is 2.41. The molecule has 0 amide bonds. The predicted octanol–water partition coefficient (Wildman–Crippen LogP) is 2.96. The lowest BCUT2D eigenvalue weighted by Gasteiger charge is -2.20. The first-order valence-electron chi connectivity index (χ1n) is 3.65. The second-order valence-corrected chi connectivity index (χ2v) is 4.16. The van der Waals surface area contributed by atoms with Crippen LogP contribution in [0.2, 0.25) is 0 Å². The molecule has 0 aliphatic carbocycles. The zero-order valence-corrected chi connectivity index (χ0v) is 8.09. The molecule has 0 aliphatic rings. The maximum Gasteiger partial charge on any atom is 0.417 e. The summed E-state index contributed by atoms with van der Waals surface area (Å²) >= 11 is 1.02. The van der Waals surface area contributed by atoms with E-state index in [4.69, 9.17) is 5.73 Å². The Labute approximate surface area is 78.4 Å². The van der Waals surface area contributed by atoms with E-state index in [2.05, 4.69) is 0 Å². The van der Waals surface area contributed by atoms with Crippen LogP contribution in [0.1, 0.15) is 25.0 Å². The number of rotatable bonds is 1. The summed E-state index contributed by atoms with van der Waals surface area (Å²) in [5, 5.41) is 2.53. The quantitative estimate of drug-likeness (QED) is 0.756. The van der Waals surface area contributed by atoms with E-state index in [1.54, 1.807) is 13.8 Å². The van der Waals surface area contributed by atoms with Gasteiger partial charge in [-0.2, -0.15) is 24.5 Å². The van der Waals surface area contributed by atoms with E-state index < -0.39 is 17.3 Å². The molecule has 0 atom stereocenters. The summed E-state index contributed by atoms with van der Waals surface area (Å²) in [7, 11) is 0. The van der Waals surface area contributed by atoms with E-state index in [-0.39, 0.29) is 5.56 Å². The molecule has 0 radical (unpaired) electrons. The van der Waals surface area contributed by atoms with Gasteiger partial charge in [0.15, 0.2) is 0 Å². The molecule has 5 heteroatoms. The van der Waals surface area contributed by atoms with Gasteiger partial charge in [0.1, 0.15) is 0 Å². The first-order valence-corrected chi connectivity index (χ1v) is 4.60. The van der Waals surface area contributed by atoms with Crippen molar-refractivity contribution in [2.75, 3.05) is 0 Å². The lowest BCUT2D eigenvalue weighted by molar-refractivity contribution is -0.138. The second kappa shape index (κ2) is 2.99. The third kappa shape index (κ3) is 2.22. The molecule has 0 saturated heterocycles. The molecule has 0 aromatic carbocycles. The van der Waals surface area contributed by atoms with Crippen molar-refractivity contribution in [2.45, 2.75) is 25.6 Å². The highest BCUT2D eigenvalue weighted by molar-refractivity contribution is 7.08. The molecular formula is C8H10F3NS. The largest absolute Gasteiger partial charge is 0.417 e. The minimum Gasteiger partial charge on any atom is -0.322 e. The van der Waals surface area contributed by atoms with E-state index in [0.717, 1.165) is 16.7 Å². The molecule has 1 heterocycles. The van der Waals surface area contributed by atoms with Gasteiger partial charge < -0.3 is 5.73 Å². The maximum absolute atomic E-state index is 12.4. The number of thiophene rings is 1. The van der Waals surface area contributed by atoms with Gasteiger partial charge in [-0.05, 0) is 24.8 Å². The monoisotopic (exact) mass is 209 g/mol. The van der Waals surface area contributed by atoms with Crippen LogP contribution in [0.5, 0.6) is 0 Å². The van der Waals surface area contributed by atoms with Crippen molar-refractivity contribution in [3.8, 4) is 0 Å². The van der Waals surface area contributed by atoms with Gasteiger partial charge in [0, 0.05) is 10.9 Å². The first kappa shape index (κ1) is 10.5. The van der Waals surface area contributed by atoms with Gasteiger partial charge in [-0.3, -0.25) is 0 Å². The van der Waals surface area contributed by atoms with Crippen molar-refractivity contribution >= 4 is 11.3 Å². The molecule has 13 heavy (non-hydrogen) atoms. The summed E-state index contributed by atoms with van der Waals surface area (Å²) in [5.74, 6) is 0. The molecule has 0 aliphatic heterocycles. The van der Waals surface area contributed by atoms with E-state index in [1.165, 1.54) is 5.38 Å². The molecule has 1 nitrogen and oxygen atoms in total. The Bertz CT molecular complexity index is 267. The van der Waals surface area contributed by atoms with Crippen LogP contribution in [-0.4, -0.2) is 0 Å². The van der Waals surface area contributed by atoms with Crippen molar-refractivity contribution in [1.29, 1.82) is 0 Å². The lowest BCUT2D eigenvalue weighted by Crippen LogP contribution is -2.30. The average Bonchev–Trinajstić information content (AvgIpc) is 2.27. The van der Waals surface area contributed by atoms with E-state index in [0.29, 0.717) is 0 Å². The zero-order valence-electron chi connectivity index (χ0n) is 7.27. The van der Waals surface area contributed by atoms with Gasteiger partial charge in [-0.25, -0.2) is 0 Å². The second-order valence-electron chi connectivity index (χ2n) is 3.42. The molecule has 1 aromatic rings. The minimum absolute atomic E-state index is 0.157. The van der Waals surface area contributed by atoms with Crippen LogP contribution in [0.3, 0.4) is 0 Å². The molecule has 74 valence electrons. The maximum atomic E-state index is 12.4. The molecule has 0 saturated carbocycles. The molecule has 0 spiro atoms. The van der Waals surface area contributed by atoms with Gasteiger partial charge >= 0.3 is 6.18 Å². The highest BCUT2D eigenvalue weighted by atomic mass is 32.1. The highest BCUT2D eigenvalue weighted by Gasteiger charge is 2.37. The summed E-state index contributed by atoms with van der Waals surface area (Å²) in [5.41, 5.74) is 4.20. The predicted molar refractivity (Wildman–Crippen MR) is 46.5 cm³/mol. The molecule has 0 bridgehead atoms. The summed E-state index contributed by atoms with van der Waals surface area (Å²) in [6, 6.07) is 0. The van der Waals surface area contributed by atoms with Gasteiger partial charge in [-0.1, -0.05) is 0 Å². The fraction of sp³-hybridized carbons (Fsp3) is 0.500. The molecule has 2 N–H and O–H groups in total. The van der Waals surface area contributed by atoms with Crippen LogP contribution < -0.4 is 5.73 Å². The number of hydrogen-bond acceptors (Lipinski definition) is 2. The van der Waals surface area contributed by atoms with E-state index in [1.807, 2.05) is 0 Å². The zero-order chi connectivity index (χ0) is 10.3. The Kier molecular flexibility index (Phi) is 2.42. The van der Waals surface area contributed by atoms with Gasteiger partial charge in [0.05, 0.1) is 5.56 Å². The number of alkyl halides is 3.